The third kappa shape index (κ3) is 7.27. The monoisotopic (exact) mass is 543 g/mol. The number of nitrogens with zero attached hydrogens (tertiary/aromatic N) is 4. The lowest BCUT2D eigenvalue weighted by molar-refractivity contribution is -0.135. The second kappa shape index (κ2) is 12.3. The number of ether oxygens (including phenoxy) is 2. The molecule has 1 aromatic carbocycles. The summed E-state index contributed by atoms with van der Waals surface area (Å²) in [6, 6.07) is 5.20. The number of piperazine rings is 1. The van der Waals surface area contributed by atoms with Gasteiger partial charge in [0.15, 0.2) is 0 Å². The molecule has 1 N–H and O–H groups in total. The fourth-order valence-electron chi connectivity index (χ4n) is 5.15. The molecule has 11 nitrogen and oxygen atoms in total. The van der Waals surface area contributed by atoms with Crippen molar-refractivity contribution >= 4 is 28.9 Å². The minimum Gasteiger partial charge on any atom is -0.444 e. The highest BCUT2D eigenvalue weighted by Gasteiger charge is 2.31. The molecule has 1 atom stereocenters. The van der Waals surface area contributed by atoms with Gasteiger partial charge in [-0.25, -0.2) is 9.59 Å². The van der Waals surface area contributed by atoms with Crippen LogP contribution in [0.4, 0.5) is 4.79 Å². The number of rotatable bonds is 9. The van der Waals surface area contributed by atoms with E-state index in [1.54, 1.807) is 16.5 Å². The first kappa shape index (κ1) is 28.8. The van der Waals surface area contributed by atoms with Gasteiger partial charge in [-0.15, -0.1) is 0 Å². The second-order valence-corrected chi connectivity index (χ2v) is 11.4. The Bertz CT molecular complexity index is 1250. The van der Waals surface area contributed by atoms with E-state index < -0.39 is 17.6 Å². The Morgan fingerprint density at radius 2 is 1.74 bits per heavy atom. The van der Waals surface area contributed by atoms with E-state index in [9.17, 15) is 19.2 Å². The van der Waals surface area contributed by atoms with Crippen molar-refractivity contribution in [3.63, 3.8) is 0 Å². The Kier molecular flexibility index (Phi) is 9.12. The molecule has 2 aromatic rings. The normalized spacial score (nSPS) is 19.0. The number of hydrogen-bond acceptors (Lipinski definition) is 7. The zero-order chi connectivity index (χ0) is 28.2. The third-order valence-electron chi connectivity index (χ3n) is 7.22. The first-order chi connectivity index (χ1) is 18.5. The van der Waals surface area contributed by atoms with Crippen LogP contribution in [-0.2, 0) is 32.5 Å². The van der Waals surface area contributed by atoms with Crippen LogP contribution in [0.25, 0.3) is 11.0 Å². The molecule has 2 aliphatic heterocycles. The van der Waals surface area contributed by atoms with Gasteiger partial charge in [-0.05, 0) is 64.2 Å². The first-order valence-corrected chi connectivity index (χ1v) is 13.8. The number of imide groups is 1. The highest BCUT2D eigenvalue weighted by atomic mass is 16.6. The fraction of sp³-hybridized carbons (Fsp3) is 0.643. The van der Waals surface area contributed by atoms with Crippen molar-refractivity contribution in [3.8, 4) is 0 Å². The fourth-order valence-corrected chi connectivity index (χ4v) is 5.15. The largest absolute Gasteiger partial charge is 0.444 e. The van der Waals surface area contributed by atoms with Crippen LogP contribution in [0.2, 0.25) is 0 Å². The van der Waals surface area contributed by atoms with Crippen LogP contribution in [0.1, 0.15) is 58.1 Å². The van der Waals surface area contributed by atoms with Crippen LogP contribution in [0.3, 0.4) is 0 Å². The number of aromatic nitrogens is 2. The molecule has 3 heterocycles. The van der Waals surface area contributed by atoms with E-state index in [2.05, 4.69) is 10.2 Å². The summed E-state index contributed by atoms with van der Waals surface area (Å²) in [6.07, 6.45) is 2.93. The molecule has 214 valence electrons. The van der Waals surface area contributed by atoms with Gasteiger partial charge in [0, 0.05) is 59.4 Å². The summed E-state index contributed by atoms with van der Waals surface area (Å²) in [7, 11) is 1.71. The Morgan fingerprint density at radius 3 is 2.44 bits per heavy atom. The molecule has 11 heteroatoms. The number of fused-ring (bicyclic) bond motifs is 1. The minimum atomic E-state index is -0.674. The van der Waals surface area contributed by atoms with Gasteiger partial charge in [0.2, 0.25) is 11.8 Å². The summed E-state index contributed by atoms with van der Waals surface area (Å²) in [4.78, 5) is 53.1. The maximum absolute atomic E-state index is 12.9. The van der Waals surface area contributed by atoms with Crippen LogP contribution in [0.15, 0.2) is 23.0 Å². The maximum Gasteiger partial charge on any atom is 0.410 e. The first-order valence-electron chi connectivity index (χ1n) is 13.8. The Balaban J connectivity index is 1.17. The predicted molar refractivity (Wildman–Crippen MR) is 147 cm³/mol. The lowest BCUT2D eigenvalue weighted by Crippen LogP contribution is -2.50. The van der Waals surface area contributed by atoms with Gasteiger partial charge in [-0.2, -0.15) is 0 Å². The quantitative estimate of drug-likeness (QED) is 0.381. The Labute approximate surface area is 229 Å². The van der Waals surface area contributed by atoms with Crippen molar-refractivity contribution in [2.75, 3.05) is 45.9 Å². The van der Waals surface area contributed by atoms with Crippen LogP contribution >= 0.6 is 0 Å². The van der Waals surface area contributed by atoms with Crippen molar-refractivity contribution in [3.05, 3.63) is 34.2 Å². The number of imidazole rings is 1. The van der Waals surface area contributed by atoms with Crippen LogP contribution in [-0.4, -0.2) is 88.4 Å². The van der Waals surface area contributed by atoms with Gasteiger partial charge in [-0.3, -0.25) is 28.9 Å². The van der Waals surface area contributed by atoms with Crippen molar-refractivity contribution in [1.82, 2.24) is 24.3 Å². The molecule has 1 aromatic heterocycles. The number of carbonyl (C=O) groups is 3. The van der Waals surface area contributed by atoms with Gasteiger partial charge in [-0.1, -0.05) is 6.07 Å². The molecule has 39 heavy (non-hydrogen) atoms. The smallest absolute Gasteiger partial charge is 0.410 e. The number of amides is 3. The standard InChI is InChI=1S/C28H41N5O6/c1-28(2,3)39-27(37)32-15-13-31(14-16-32)12-6-18-38-17-5-7-20-8-9-21-23(19-20)30(4)26(36)33(21)22-10-11-24(34)29-25(22)35/h8-9,19,22H,5-7,10-18H2,1-4H3,(H,29,34,35). The van der Waals surface area contributed by atoms with Crippen molar-refractivity contribution in [2.24, 2.45) is 7.05 Å². The van der Waals surface area contributed by atoms with Gasteiger partial charge >= 0.3 is 11.8 Å². The molecular weight excluding hydrogens is 502 g/mol. The molecular formula is C28H41N5O6. The molecule has 2 fully saturated rings. The minimum absolute atomic E-state index is 0.224. The number of carbonyl (C=O) groups excluding carboxylic acids is 3. The average Bonchev–Trinajstić information content (AvgIpc) is 3.12. The molecule has 0 radical (unpaired) electrons. The molecule has 0 bridgehead atoms. The highest BCUT2D eigenvalue weighted by Crippen LogP contribution is 2.24. The molecule has 2 saturated heterocycles. The zero-order valence-electron chi connectivity index (χ0n) is 23.5. The lowest BCUT2D eigenvalue weighted by atomic mass is 10.1. The van der Waals surface area contributed by atoms with Gasteiger partial charge < -0.3 is 14.4 Å². The van der Waals surface area contributed by atoms with E-state index in [0.717, 1.165) is 50.0 Å². The lowest BCUT2D eigenvalue weighted by Gasteiger charge is -2.35. The van der Waals surface area contributed by atoms with Crippen LogP contribution in [0.5, 0.6) is 0 Å². The molecule has 2 aliphatic rings. The predicted octanol–water partition coefficient (Wildman–Crippen LogP) is 2.21. The molecule has 0 spiro atoms. The molecule has 1 unspecified atom stereocenters. The van der Waals surface area contributed by atoms with Crippen molar-refractivity contribution in [2.45, 2.75) is 64.5 Å². The Morgan fingerprint density at radius 1 is 1.03 bits per heavy atom. The van der Waals surface area contributed by atoms with Gasteiger partial charge in [0.05, 0.1) is 11.0 Å². The average molecular weight is 544 g/mol. The van der Waals surface area contributed by atoms with Gasteiger partial charge in [0.25, 0.3) is 0 Å². The van der Waals surface area contributed by atoms with Crippen LogP contribution < -0.4 is 11.0 Å². The molecule has 0 aliphatic carbocycles. The SMILES string of the molecule is Cn1c(=O)n(C2CCC(=O)NC2=O)c2ccc(CCCOCCCN3CCN(C(=O)OC(C)(C)C)CC3)cc21. The Hall–Kier alpha value is -3.18. The topological polar surface area (TPSA) is 115 Å². The second-order valence-electron chi connectivity index (χ2n) is 11.4. The number of nitrogens with one attached hydrogen (secondary N) is 1. The highest BCUT2D eigenvalue weighted by molar-refractivity contribution is 6.00. The summed E-state index contributed by atoms with van der Waals surface area (Å²) in [6.45, 7) is 11.0. The third-order valence-corrected chi connectivity index (χ3v) is 7.22. The molecule has 4 rings (SSSR count). The van der Waals surface area contributed by atoms with E-state index in [4.69, 9.17) is 9.47 Å². The van der Waals surface area contributed by atoms with E-state index in [1.807, 2.05) is 39.0 Å². The van der Waals surface area contributed by atoms with E-state index >= 15 is 0 Å². The maximum atomic E-state index is 12.9. The van der Waals surface area contributed by atoms with Crippen molar-refractivity contribution in [1.29, 1.82) is 0 Å². The zero-order valence-corrected chi connectivity index (χ0v) is 23.5. The van der Waals surface area contributed by atoms with Crippen LogP contribution in [0, 0.1) is 0 Å². The summed E-state index contributed by atoms with van der Waals surface area (Å²) in [5.41, 5.74) is 1.84. The van der Waals surface area contributed by atoms with Crippen molar-refractivity contribution < 1.29 is 23.9 Å². The van der Waals surface area contributed by atoms with E-state index in [0.29, 0.717) is 38.2 Å². The number of piperidine rings is 1. The van der Waals surface area contributed by atoms with E-state index in [-0.39, 0.29) is 24.1 Å². The van der Waals surface area contributed by atoms with E-state index in [1.165, 1.54) is 4.57 Å². The number of aryl methyl sites for hydroxylation is 2. The number of benzene rings is 1. The summed E-state index contributed by atoms with van der Waals surface area (Å²) in [5, 5.41) is 2.34. The summed E-state index contributed by atoms with van der Waals surface area (Å²) < 4.78 is 14.4. The summed E-state index contributed by atoms with van der Waals surface area (Å²) >= 11 is 0. The number of hydrogen-bond donors (Lipinski definition) is 1. The summed E-state index contributed by atoms with van der Waals surface area (Å²) in [5.74, 6) is -0.725. The molecule has 0 saturated carbocycles. The molecule has 3 amide bonds. The van der Waals surface area contributed by atoms with Gasteiger partial charge in [0.1, 0.15) is 11.6 Å².